The van der Waals surface area contributed by atoms with Crippen LogP contribution in [0.5, 0.6) is 5.75 Å². The number of fused-ring (bicyclic) bond motifs is 1. The monoisotopic (exact) mass is 461 g/mol. The molecule has 1 fully saturated rings. The number of carboxylic acids is 1. The van der Waals surface area contributed by atoms with Gasteiger partial charge in [0.05, 0.1) is 30.3 Å². The predicted molar refractivity (Wildman–Crippen MR) is 116 cm³/mol. The number of para-hydroxylation sites is 1. The van der Waals surface area contributed by atoms with Gasteiger partial charge in [0.25, 0.3) is 0 Å². The number of hydrogen-bond acceptors (Lipinski definition) is 5. The van der Waals surface area contributed by atoms with Crippen molar-refractivity contribution < 1.29 is 27.4 Å². The van der Waals surface area contributed by atoms with Crippen LogP contribution in [0, 0.1) is 11.7 Å². The Bertz CT molecular complexity index is 1270. The fraction of sp³-hybridized carbons (Fsp3) is 0.364. The lowest BCUT2D eigenvalue weighted by Gasteiger charge is -2.18. The average Bonchev–Trinajstić information content (AvgIpc) is 3.29. The van der Waals surface area contributed by atoms with Crippen LogP contribution in [0.1, 0.15) is 25.6 Å². The van der Waals surface area contributed by atoms with Crippen molar-refractivity contribution in [3.05, 3.63) is 54.0 Å². The number of aliphatic carboxylic acids is 1. The van der Waals surface area contributed by atoms with Gasteiger partial charge in [0.2, 0.25) is 10.0 Å². The van der Waals surface area contributed by atoms with Crippen molar-refractivity contribution in [3.8, 4) is 5.75 Å². The van der Waals surface area contributed by atoms with Gasteiger partial charge in [0.1, 0.15) is 16.5 Å². The zero-order valence-electron chi connectivity index (χ0n) is 17.7. The summed E-state index contributed by atoms with van der Waals surface area (Å²) < 4.78 is 49.2. The molecule has 0 radical (unpaired) electrons. The Hall–Kier alpha value is -2.98. The Morgan fingerprint density at radius 3 is 2.69 bits per heavy atom. The van der Waals surface area contributed by atoms with E-state index in [0.29, 0.717) is 12.3 Å². The molecule has 1 N–H and O–H groups in total. The molecule has 1 saturated heterocycles. The minimum atomic E-state index is -4.07. The molecule has 1 aliphatic heterocycles. The number of carboxylic acid groups (broad SMARTS) is 1. The molecule has 2 aromatic carbocycles. The molecule has 32 heavy (non-hydrogen) atoms. The van der Waals surface area contributed by atoms with Gasteiger partial charge in [-0.25, -0.2) is 12.8 Å². The summed E-state index contributed by atoms with van der Waals surface area (Å²) >= 11 is 0. The summed E-state index contributed by atoms with van der Waals surface area (Å²) in [5.41, 5.74) is 1.17. The highest BCUT2D eigenvalue weighted by molar-refractivity contribution is 7.89. The highest BCUT2D eigenvalue weighted by Crippen LogP contribution is 2.35. The Labute approximate surface area is 185 Å². The third-order valence-corrected chi connectivity index (χ3v) is 7.56. The molecule has 0 saturated carbocycles. The Kier molecular flexibility index (Phi) is 5.91. The van der Waals surface area contributed by atoms with E-state index in [0.717, 1.165) is 17.0 Å². The van der Waals surface area contributed by atoms with Crippen LogP contribution in [-0.2, 0) is 21.2 Å². The van der Waals surface area contributed by atoms with Crippen LogP contribution in [0.15, 0.2) is 47.4 Å². The third kappa shape index (κ3) is 3.95. The number of carbonyl (C=O) groups is 1. The normalized spacial score (nSPS) is 19.5. The number of sulfonamides is 1. The number of benzene rings is 2. The lowest BCUT2D eigenvalue weighted by molar-refractivity contribution is -0.136. The van der Waals surface area contributed by atoms with E-state index in [1.165, 1.54) is 16.4 Å². The van der Waals surface area contributed by atoms with Crippen LogP contribution in [0.25, 0.3) is 10.9 Å². The minimum absolute atomic E-state index is 0.105. The molecular weight excluding hydrogens is 437 g/mol. The molecule has 2 atom stereocenters. The van der Waals surface area contributed by atoms with Crippen molar-refractivity contribution in [2.24, 2.45) is 5.92 Å². The van der Waals surface area contributed by atoms with Crippen molar-refractivity contribution in [2.45, 2.75) is 31.2 Å². The van der Waals surface area contributed by atoms with Gasteiger partial charge < -0.3 is 9.84 Å². The largest absolute Gasteiger partial charge is 0.494 e. The van der Waals surface area contributed by atoms with Gasteiger partial charge in [-0.1, -0.05) is 25.1 Å². The van der Waals surface area contributed by atoms with E-state index >= 15 is 0 Å². The molecule has 10 heteroatoms. The first-order valence-corrected chi connectivity index (χ1v) is 11.8. The van der Waals surface area contributed by atoms with Crippen LogP contribution < -0.4 is 4.74 Å². The number of aromatic nitrogens is 2. The first-order valence-electron chi connectivity index (χ1n) is 10.3. The number of nitrogens with zero attached hydrogens (tertiary/aromatic N) is 3. The van der Waals surface area contributed by atoms with Gasteiger partial charge in [-0.3, -0.25) is 9.48 Å². The zero-order valence-corrected chi connectivity index (χ0v) is 18.5. The third-order valence-electron chi connectivity index (χ3n) is 5.69. The Balaban J connectivity index is 1.67. The molecule has 170 valence electrons. The summed E-state index contributed by atoms with van der Waals surface area (Å²) in [4.78, 5) is 10.9. The maximum atomic E-state index is 14.6. The Morgan fingerprint density at radius 2 is 2.00 bits per heavy atom. The van der Waals surface area contributed by atoms with Crippen molar-refractivity contribution in [1.29, 1.82) is 0 Å². The second-order valence-electron chi connectivity index (χ2n) is 7.87. The van der Waals surface area contributed by atoms with E-state index in [4.69, 9.17) is 4.74 Å². The second-order valence-corrected chi connectivity index (χ2v) is 9.78. The topological polar surface area (TPSA) is 102 Å². The fourth-order valence-corrected chi connectivity index (χ4v) is 5.79. The van der Waals surface area contributed by atoms with Crippen LogP contribution in [0.4, 0.5) is 4.39 Å². The smallest absolute Gasteiger partial charge is 0.309 e. The summed E-state index contributed by atoms with van der Waals surface area (Å²) in [6, 6.07) is 10.7. The number of halogens is 1. The summed E-state index contributed by atoms with van der Waals surface area (Å²) in [5.74, 6) is -1.70. The van der Waals surface area contributed by atoms with E-state index in [1.54, 1.807) is 17.7 Å². The van der Waals surface area contributed by atoms with Crippen molar-refractivity contribution >= 4 is 26.9 Å². The molecule has 4 rings (SSSR count). The second kappa shape index (κ2) is 8.51. The molecular formula is C22H24FN3O5S. The standard InChI is InChI=1S/C22H24FN3O5S/c1-3-31-15-8-9-21(17(23)10-15)32(29,30)25-12-14(2)20(13-25)26-19-7-5-4-6-16(19)18(24-26)11-22(27)28/h4-10,14,20H,3,11-13H2,1-2H3,(H,27,28)/t14-,20+/m1/s1. The molecule has 1 aliphatic rings. The maximum Gasteiger partial charge on any atom is 0.309 e. The average molecular weight is 462 g/mol. The molecule has 2 heterocycles. The van der Waals surface area contributed by atoms with E-state index in [1.807, 2.05) is 25.1 Å². The minimum Gasteiger partial charge on any atom is -0.494 e. The molecule has 3 aromatic rings. The first-order chi connectivity index (χ1) is 15.2. The van der Waals surface area contributed by atoms with E-state index in [2.05, 4.69) is 5.10 Å². The van der Waals surface area contributed by atoms with Crippen LogP contribution in [0.3, 0.4) is 0 Å². The first kappa shape index (κ1) is 22.2. The summed E-state index contributed by atoms with van der Waals surface area (Å²) in [5, 5.41) is 14.5. The number of ether oxygens (including phenoxy) is 1. The van der Waals surface area contributed by atoms with Crippen molar-refractivity contribution in [2.75, 3.05) is 19.7 Å². The van der Waals surface area contributed by atoms with Gasteiger partial charge in [0.15, 0.2) is 0 Å². The number of hydrogen-bond donors (Lipinski definition) is 1. The molecule has 0 bridgehead atoms. The lowest BCUT2D eigenvalue weighted by Crippen LogP contribution is -2.30. The van der Waals surface area contributed by atoms with Gasteiger partial charge in [0, 0.05) is 24.5 Å². The quantitative estimate of drug-likeness (QED) is 0.580. The molecule has 0 unspecified atom stereocenters. The van der Waals surface area contributed by atoms with Crippen LogP contribution in [0.2, 0.25) is 0 Å². The molecule has 8 nitrogen and oxygen atoms in total. The van der Waals surface area contributed by atoms with Gasteiger partial charge in [-0.05, 0) is 31.0 Å². The van der Waals surface area contributed by atoms with E-state index in [-0.39, 0.29) is 37.2 Å². The molecule has 0 amide bonds. The summed E-state index contributed by atoms with van der Waals surface area (Å²) in [7, 11) is -4.07. The fourth-order valence-electron chi connectivity index (χ4n) is 4.19. The van der Waals surface area contributed by atoms with Gasteiger partial charge in [-0.15, -0.1) is 0 Å². The van der Waals surface area contributed by atoms with E-state index < -0.39 is 26.7 Å². The Morgan fingerprint density at radius 1 is 1.25 bits per heavy atom. The van der Waals surface area contributed by atoms with Crippen LogP contribution >= 0.6 is 0 Å². The number of rotatable bonds is 7. The highest BCUT2D eigenvalue weighted by atomic mass is 32.2. The van der Waals surface area contributed by atoms with Gasteiger partial charge in [-0.2, -0.15) is 9.40 Å². The van der Waals surface area contributed by atoms with Crippen LogP contribution in [-0.4, -0.2) is 53.3 Å². The zero-order chi connectivity index (χ0) is 23.0. The van der Waals surface area contributed by atoms with Gasteiger partial charge >= 0.3 is 5.97 Å². The molecule has 0 aliphatic carbocycles. The lowest BCUT2D eigenvalue weighted by atomic mass is 10.1. The summed E-state index contributed by atoms with van der Waals surface area (Å²) in [6.45, 7) is 4.31. The van der Waals surface area contributed by atoms with E-state index in [9.17, 15) is 22.7 Å². The van der Waals surface area contributed by atoms with Crippen molar-refractivity contribution in [3.63, 3.8) is 0 Å². The predicted octanol–water partition coefficient (Wildman–Crippen LogP) is 3.08. The molecule has 0 spiro atoms. The summed E-state index contributed by atoms with van der Waals surface area (Å²) in [6.07, 6.45) is -0.228. The SMILES string of the molecule is CCOc1ccc(S(=O)(=O)N2C[C@@H](C)[C@@H](n3nc(CC(=O)O)c4ccccc43)C2)c(F)c1. The molecule has 1 aromatic heterocycles. The highest BCUT2D eigenvalue weighted by Gasteiger charge is 2.40. The van der Waals surface area contributed by atoms with Crippen molar-refractivity contribution in [1.82, 2.24) is 14.1 Å². The maximum absolute atomic E-state index is 14.6.